The van der Waals surface area contributed by atoms with Crippen LogP contribution in [0.25, 0.3) is 5.00 Å². The fourth-order valence-electron chi connectivity index (χ4n) is 5.66. The topological polar surface area (TPSA) is 125 Å². The van der Waals surface area contributed by atoms with Crippen LogP contribution in [0, 0.1) is 32.1 Å². The molecule has 0 radical (unpaired) electrons. The number of amides is 2. The third kappa shape index (κ3) is 6.01. The number of halogens is 1. The van der Waals surface area contributed by atoms with E-state index < -0.39 is 6.04 Å². The molecule has 12 heteroatoms. The number of thiophene rings is 1. The summed E-state index contributed by atoms with van der Waals surface area (Å²) in [5.41, 5.74) is 4.66. The third-order valence-electron chi connectivity index (χ3n) is 8.34. The number of hydrogen-bond acceptors (Lipinski definition) is 8. The summed E-state index contributed by atoms with van der Waals surface area (Å²) in [4.78, 5) is 48.7. The van der Waals surface area contributed by atoms with Gasteiger partial charge in [-0.3, -0.25) is 23.9 Å². The molecule has 2 aromatic carbocycles. The van der Waals surface area contributed by atoms with Crippen molar-refractivity contribution in [2.75, 3.05) is 26.2 Å². The van der Waals surface area contributed by atoms with Crippen LogP contribution in [0.4, 0.5) is 0 Å². The molecule has 1 fully saturated rings. The van der Waals surface area contributed by atoms with Crippen molar-refractivity contribution >= 4 is 46.2 Å². The van der Waals surface area contributed by atoms with Crippen LogP contribution in [0.1, 0.15) is 61.6 Å². The Bertz CT molecular complexity index is 1940. The molecular formula is C34H30ClN7O3S. The van der Waals surface area contributed by atoms with Gasteiger partial charge >= 0.3 is 0 Å². The fraction of sp³-hybridized carbons (Fsp3) is 0.265. The van der Waals surface area contributed by atoms with Crippen molar-refractivity contribution in [1.29, 1.82) is 5.26 Å². The lowest BCUT2D eigenvalue weighted by Gasteiger charge is -2.34. The van der Waals surface area contributed by atoms with Crippen molar-refractivity contribution in [2.24, 2.45) is 4.99 Å². The van der Waals surface area contributed by atoms with Crippen molar-refractivity contribution in [1.82, 2.24) is 24.6 Å². The number of piperazine rings is 1. The molecule has 232 valence electrons. The van der Waals surface area contributed by atoms with Gasteiger partial charge in [0.15, 0.2) is 11.6 Å². The maximum Gasteiger partial charge on any atom is 0.246 e. The molecule has 46 heavy (non-hydrogen) atoms. The number of aliphatic imine (C=N–C) groups is 1. The summed E-state index contributed by atoms with van der Waals surface area (Å²) < 4.78 is 2.02. The highest BCUT2D eigenvalue weighted by molar-refractivity contribution is 7.15. The molecule has 1 atom stereocenters. The number of rotatable bonds is 6. The SMILES string of the molecule is Cc1sc2c(c1C)C(c1ccc(Cl)cc1)=N[C@@H](CC(=O)N1CCN(C(=O)/C=C/C(=O)c3ccc(C#N)cc3)CC1)c1nnc(C)n1-2. The van der Waals surface area contributed by atoms with Crippen LogP contribution in [0.5, 0.6) is 0 Å². The molecule has 2 amide bonds. The van der Waals surface area contributed by atoms with E-state index in [0.29, 0.717) is 48.2 Å². The average Bonchev–Trinajstić information content (AvgIpc) is 3.55. The van der Waals surface area contributed by atoms with E-state index in [2.05, 4.69) is 24.0 Å². The molecule has 10 nitrogen and oxygen atoms in total. The maximum absolute atomic E-state index is 13.7. The lowest BCUT2D eigenvalue weighted by molar-refractivity contribution is -0.137. The highest BCUT2D eigenvalue weighted by atomic mass is 35.5. The van der Waals surface area contributed by atoms with E-state index in [1.165, 1.54) is 17.0 Å². The van der Waals surface area contributed by atoms with Crippen LogP contribution in [0.2, 0.25) is 5.02 Å². The third-order valence-corrected chi connectivity index (χ3v) is 9.79. The number of allylic oxidation sites excluding steroid dienone is 1. The molecule has 0 bridgehead atoms. The van der Waals surface area contributed by atoms with Gasteiger partial charge in [0.25, 0.3) is 0 Å². The van der Waals surface area contributed by atoms with Gasteiger partial charge < -0.3 is 9.80 Å². The van der Waals surface area contributed by atoms with E-state index >= 15 is 0 Å². The Hall–Kier alpha value is -4.92. The number of carbonyl (C=O) groups excluding carboxylic acids is 3. The molecule has 0 aliphatic carbocycles. The van der Waals surface area contributed by atoms with Crippen LogP contribution in [-0.2, 0) is 9.59 Å². The van der Waals surface area contributed by atoms with Gasteiger partial charge in [0, 0.05) is 58.8 Å². The van der Waals surface area contributed by atoms with Crippen LogP contribution < -0.4 is 0 Å². The van der Waals surface area contributed by atoms with E-state index in [9.17, 15) is 14.4 Å². The minimum Gasteiger partial charge on any atom is -0.339 e. The number of benzene rings is 2. The van der Waals surface area contributed by atoms with Gasteiger partial charge in [0.1, 0.15) is 16.9 Å². The predicted molar refractivity (Wildman–Crippen MR) is 176 cm³/mol. The summed E-state index contributed by atoms with van der Waals surface area (Å²) in [5.74, 6) is 0.628. The van der Waals surface area contributed by atoms with E-state index in [0.717, 1.165) is 33.2 Å². The number of fused-ring (bicyclic) bond motifs is 3. The van der Waals surface area contributed by atoms with E-state index in [-0.39, 0.29) is 24.0 Å². The Morgan fingerprint density at radius 3 is 2.30 bits per heavy atom. The molecule has 2 aliphatic rings. The monoisotopic (exact) mass is 651 g/mol. The Morgan fingerprint density at radius 1 is 0.957 bits per heavy atom. The average molecular weight is 652 g/mol. The Labute approximate surface area is 275 Å². The summed E-state index contributed by atoms with van der Waals surface area (Å²) in [6.07, 6.45) is 2.59. The van der Waals surface area contributed by atoms with Crippen molar-refractivity contribution < 1.29 is 14.4 Å². The van der Waals surface area contributed by atoms with Gasteiger partial charge in [-0.15, -0.1) is 21.5 Å². The predicted octanol–water partition coefficient (Wildman–Crippen LogP) is 5.17. The zero-order valence-corrected chi connectivity index (χ0v) is 27.1. The second kappa shape index (κ2) is 12.8. The number of ketones is 1. The lowest BCUT2D eigenvalue weighted by Crippen LogP contribution is -2.50. The van der Waals surface area contributed by atoms with Gasteiger partial charge in [-0.25, -0.2) is 0 Å². The molecule has 2 aromatic heterocycles. The van der Waals surface area contributed by atoms with Crippen molar-refractivity contribution in [3.05, 3.63) is 110 Å². The molecule has 0 N–H and O–H groups in total. The molecule has 6 rings (SSSR count). The molecule has 0 unspecified atom stereocenters. The fourth-order valence-corrected chi connectivity index (χ4v) is 7.00. The molecule has 2 aliphatic heterocycles. The van der Waals surface area contributed by atoms with Gasteiger partial charge in [-0.2, -0.15) is 5.26 Å². The first kappa shape index (κ1) is 31.1. The highest BCUT2D eigenvalue weighted by Gasteiger charge is 2.34. The summed E-state index contributed by atoms with van der Waals surface area (Å²) >= 11 is 7.87. The summed E-state index contributed by atoms with van der Waals surface area (Å²) in [7, 11) is 0. The first-order chi connectivity index (χ1) is 22.1. The van der Waals surface area contributed by atoms with Crippen LogP contribution in [0.3, 0.4) is 0 Å². The number of aromatic nitrogens is 3. The van der Waals surface area contributed by atoms with Gasteiger partial charge in [0.2, 0.25) is 11.8 Å². The largest absolute Gasteiger partial charge is 0.339 e. The molecule has 0 spiro atoms. The van der Waals surface area contributed by atoms with Gasteiger partial charge in [0.05, 0.1) is 23.8 Å². The van der Waals surface area contributed by atoms with E-state index in [1.807, 2.05) is 41.8 Å². The van der Waals surface area contributed by atoms with Crippen molar-refractivity contribution in [3.63, 3.8) is 0 Å². The van der Waals surface area contributed by atoms with Crippen molar-refractivity contribution in [3.8, 4) is 11.1 Å². The highest BCUT2D eigenvalue weighted by Crippen LogP contribution is 2.39. The number of hydrogen-bond donors (Lipinski definition) is 0. The van der Waals surface area contributed by atoms with Crippen LogP contribution in [0.15, 0.2) is 65.7 Å². The molecule has 4 aromatic rings. The van der Waals surface area contributed by atoms with E-state index in [4.69, 9.17) is 21.9 Å². The minimum absolute atomic E-state index is 0.0896. The maximum atomic E-state index is 13.7. The number of carbonyl (C=O) groups is 3. The summed E-state index contributed by atoms with van der Waals surface area (Å²) in [6.45, 7) is 7.48. The zero-order valence-electron chi connectivity index (χ0n) is 25.5. The first-order valence-corrected chi connectivity index (χ1v) is 16.0. The minimum atomic E-state index is -0.575. The van der Waals surface area contributed by atoms with E-state index in [1.54, 1.807) is 45.4 Å². The lowest BCUT2D eigenvalue weighted by atomic mass is 9.99. The Balaban J connectivity index is 1.18. The standard InChI is InChI=1S/C34H30ClN7O3S/c1-20-21(2)46-34-31(20)32(25-8-10-26(35)11-9-25)37-27(33-39-38-22(3)42(33)34)18-30(45)41-16-14-40(15-17-41)29(44)13-12-28(43)24-6-4-23(19-36)5-7-24/h4-13,27H,14-18H2,1-3H3/b13-12+/t27-/m0/s1. The number of nitriles is 1. The molecular weight excluding hydrogens is 622 g/mol. The zero-order chi connectivity index (χ0) is 32.5. The summed E-state index contributed by atoms with van der Waals surface area (Å²) in [5, 5.41) is 19.4. The van der Waals surface area contributed by atoms with Gasteiger partial charge in [-0.05, 0) is 68.8 Å². The second-order valence-corrected chi connectivity index (χ2v) is 12.8. The molecule has 4 heterocycles. The number of aryl methyl sites for hydroxylation is 2. The van der Waals surface area contributed by atoms with Gasteiger partial charge in [-0.1, -0.05) is 23.7 Å². The van der Waals surface area contributed by atoms with Crippen molar-refractivity contribution in [2.45, 2.75) is 33.2 Å². The normalized spacial score (nSPS) is 16.0. The summed E-state index contributed by atoms with van der Waals surface area (Å²) in [6, 6.07) is 15.2. The molecule has 1 saturated heterocycles. The van der Waals surface area contributed by atoms with Crippen LogP contribution >= 0.6 is 22.9 Å². The Morgan fingerprint density at radius 2 is 1.63 bits per heavy atom. The van der Waals surface area contributed by atoms with Crippen LogP contribution in [-0.4, -0.2) is 74.1 Å². The first-order valence-electron chi connectivity index (χ1n) is 14.8. The molecule has 0 saturated carbocycles. The second-order valence-electron chi connectivity index (χ2n) is 11.2. The number of nitrogens with zero attached hydrogens (tertiary/aromatic N) is 7. The smallest absolute Gasteiger partial charge is 0.246 e. The quantitative estimate of drug-likeness (QED) is 0.209. The Kier molecular flexibility index (Phi) is 8.67.